The minimum absolute atomic E-state index is 0.267. The number of nitrogens with zero attached hydrogens (tertiary/aromatic N) is 3. The Morgan fingerprint density at radius 2 is 2.18 bits per heavy atom. The number of rotatable bonds is 6. The van der Waals surface area contributed by atoms with Crippen LogP contribution in [0.15, 0.2) is 22.7 Å². The summed E-state index contributed by atoms with van der Waals surface area (Å²) in [6.45, 7) is 5.21. The topological polar surface area (TPSA) is 67.2 Å². The minimum Gasteiger partial charge on any atom is -0.298 e. The first-order chi connectivity index (χ1) is 10.5. The van der Waals surface area contributed by atoms with E-state index >= 15 is 0 Å². The quantitative estimate of drug-likeness (QED) is 0.799. The van der Waals surface area contributed by atoms with Crippen LogP contribution in [0.25, 0.3) is 0 Å². The summed E-state index contributed by atoms with van der Waals surface area (Å²) in [6, 6.07) is 1.72. The van der Waals surface area contributed by atoms with Crippen molar-refractivity contribution < 1.29 is 8.42 Å². The average molecular weight is 324 g/mol. The van der Waals surface area contributed by atoms with Crippen molar-refractivity contribution in [2.24, 2.45) is 7.05 Å². The molecule has 122 valence electrons. The van der Waals surface area contributed by atoms with E-state index in [0.29, 0.717) is 12.5 Å². The zero-order valence-corrected chi connectivity index (χ0v) is 14.1. The van der Waals surface area contributed by atoms with Crippen molar-refractivity contribution in [3.63, 3.8) is 0 Å². The third kappa shape index (κ3) is 3.59. The molecule has 1 saturated carbocycles. The summed E-state index contributed by atoms with van der Waals surface area (Å²) in [4.78, 5) is 2.26. The molecule has 0 saturated heterocycles. The van der Waals surface area contributed by atoms with Crippen LogP contribution in [-0.2, 0) is 17.1 Å². The van der Waals surface area contributed by atoms with E-state index in [9.17, 15) is 8.42 Å². The SMILES string of the molecule is CC1=CCN(CCNS(=O)(=O)c2cc(C3CC3)nn2C)CC1. The fourth-order valence-electron chi connectivity index (χ4n) is 2.73. The monoisotopic (exact) mass is 324 g/mol. The van der Waals surface area contributed by atoms with E-state index in [0.717, 1.165) is 44.6 Å². The smallest absolute Gasteiger partial charge is 0.257 e. The molecule has 1 aliphatic heterocycles. The maximum atomic E-state index is 12.4. The third-order valence-corrected chi connectivity index (χ3v) is 5.88. The van der Waals surface area contributed by atoms with Gasteiger partial charge in [0.1, 0.15) is 0 Å². The molecule has 0 spiro atoms. The highest BCUT2D eigenvalue weighted by Crippen LogP contribution is 2.39. The fourth-order valence-corrected chi connectivity index (χ4v) is 3.90. The van der Waals surface area contributed by atoms with Crippen LogP contribution < -0.4 is 4.72 Å². The molecule has 1 aromatic rings. The number of aromatic nitrogens is 2. The van der Waals surface area contributed by atoms with Crippen LogP contribution in [0.3, 0.4) is 0 Å². The second kappa shape index (κ2) is 6.14. The molecule has 7 heteroatoms. The lowest BCUT2D eigenvalue weighted by atomic mass is 10.1. The summed E-state index contributed by atoms with van der Waals surface area (Å²) in [7, 11) is -1.79. The Morgan fingerprint density at radius 3 is 2.82 bits per heavy atom. The third-order valence-electron chi connectivity index (χ3n) is 4.37. The second-order valence-corrected chi connectivity index (χ2v) is 8.02. The van der Waals surface area contributed by atoms with Crippen LogP contribution in [0, 0.1) is 0 Å². The van der Waals surface area contributed by atoms with Gasteiger partial charge in [0.25, 0.3) is 10.0 Å². The molecule has 2 heterocycles. The van der Waals surface area contributed by atoms with Gasteiger partial charge >= 0.3 is 0 Å². The standard InChI is InChI=1S/C15H24N4O2S/c1-12-5-8-19(9-6-12)10-7-16-22(20,21)15-11-14(13-3-4-13)17-18(15)2/h5,11,13,16H,3-4,6-10H2,1-2H3. The molecule has 0 bridgehead atoms. The molecule has 0 atom stereocenters. The van der Waals surface area contributed by atoms with Gasteiger partial charge in [0, 0.05) is 45.2 Å². The molecular weight excluding hydrogens is 300 g/mol. The van der Waals surface area contributed by atoms with Gasteiger partial charge in [0.15, 0.2) is 5.03 Å². The van der Waals surface area contributed by atoms with Gasteiger partial charge in [0.05, 0.1) is 5.69 Å². The molecule has 0 unspecified atom stereocenters. The summed E-state index contributed by atoms with van der Waals surface area (Å²) in [6.07, 6.45) is 5.51. The van der Waals surface area contributed by atoms with Gasteiger partial charge in [-0.3, -0.25) is 9.58 Å². The molecule has 1 aliphatic carbocycles. The van der Waals surface area contributed by atoms with Crippen molar-refractivity contribution in [2.45, 2.75) is 37.1 Å². The summed E-state index contributed by atoms with van der Waals surface area (Å²) in [5, 5.41) is 4.59. The Morgan fingerprint density at radius 1 is 1.41 bits per heavy atom. The number of aryl methyl sites for hydroxylation is 1. The molecule has 0 radical (unpaired) electrons. The highest BCUT2D eigenvalue weighted by molar-refractivity contribution is 7.89. The van der Waals surface area contributed by atoms with Gasteiger partial charge in [-0.1, -0.05) is 11.6 Å². The maximum absolute atomic E-state index is 12.4. The highest BCUT2D eigenvalue weighted by atomic mass is 32.2. The number of hydrogen-bond acceptors (Lipinski definition) is 4. The van der Waals surface area contributed by atoms with E-state index in [2.05, 4.69) is 27.7 Å². The van der Waals surface area contributed by atoms with Crippen molar-refractivity contribution >= 4 is 10.0 Å². The Kier molecular flexibility index (Phi) is 4.38. The van der Waals surface area contributed by atoms with Crippen LogP contribution in [0.5, 0.6) is 0 Å². The van der Waals surface area contributed by atoms with Gasteiger partial charge in [0.2, 0.25) is 0 Å². The molecule has 2 aliphatic rings. The number of sulfonamides is 1. The average Bonchev–Trinajstić information content (AvgIpc) is 3.23. The molecule has 0 amide bonds. The van der Waals surface area contributed by atoms with Gasteiger partial charge < -0.3 is 0 Å². The molecule has 3 rings (SSSR count). The number of hydrogen-bond donors (Lipinski definition) is 1. The molecule has 22 heavy (non-hydrogen) atoms. The lowest BCUT2D eigenvalue weighted by Crippen LogP contribution is -2.37. The van der Waals surface area contributed by atoms with Crippen LogP contribution in [0.4, 0.5) is 0 Å². The van der Waals surface area contributed by atoms with Crippen LogP contribution in [0.1, 0.15) is 37.8 Å². The first kappa shape index (κ1) is 15.7. The van der Waals surface area contributed by atoms with E-state index in [-0.39, 0.29) is 5.03 Å². The summed E-state index contributed by atoms with van der Waals surface area (Å²) < 4.78 is 29.0. The highest BCUT2D eigenvalue weighted by Gasteiger charge is 2.29. The van der Waals surface area contributed by atoms with Gasteiger partial charge in [-0.2, -0.15) is 5.10 Å². The maximum Gasteiger partial charge on any atom is 0.257 e. The van der Waals surface area contributed by atoms with Crippen molar-refractivity contribution in [3.8, 4) is 0 Å². The fraction of sp³-hybridized carbons (Fsp3) is 0.667. The largest absolute Gasteiger partial charge is 0.298 e. The van der Waals surface area contributed by atoms with Gasteiger partial charge in [-0.25, -0.2) is 13.1 Å². The number of nitrogens with one attached hydrogen (secondary N) is 1. The predicted molar refractivity (Wildman–Crippen MR) is 85.2 cm³/mol. The van der Waals surface area contributed by atoms with Crippen molar-refractivity contribution in [1.29, 1.82) is 0 Å². The molecule has 1 aromatic heterocycles. The first-order valence-electron chi connectivity index (χ1n) is 7.87. The normalized spacial score (nSPS) is 20.2. The Hall–Kier alpha value is -1.18. The van der Waals surface area contributed by atoms with Crippen LogP contribution in [-0.4, -0.2) is 49.3 Å². The zero-order chi connectivity index (χ0) is 15.7. The minimum atomic E-state index is -3.48. The summed E-state index contributed by atoms with van der Waals surface area (Å²) in [5.74, 6) is 0.457. The second-order valence-electron chi connectivity index (χ2n) is 6.30. The summed E-state index contributed by atoms with van der Waals surface area (Å²) in [5.41, 5.74) is 2.32. The lowest BCUT2D eigenvalue weighted by Gasteiger charge is -2.25. The van der Waals surface area contributed by atoms with E-state index in [1.807, 2.05) is 0 Å². The van der Waals surface area contributed by atoms with E-state index in [1.54, 1.807) is 13.1 Å². The predicted octanol–water partition coefficient (Wildman–Crippen LogP) is 1.23. The zero-order valence-electron chi connectivity index (χ0n) is 13.2. The van der Waals surface area contributed by atoms with Crippen molar-refractivity contribution in [2.75, 3.05) is 26.2 Å². The molecular formula is C15H24N4O2S. The van der Waals surface area contributed by atoms with Gasteiger partial charge in [-0.05, 0) is 26.2 Å². The molecule has 1 fully saturated rings. The van der Waals surface area contributed by atoms with Crippen molar-refractivity contribution in [3.05, 3.63) is 23.4 Å². The van der Waals surface area contributed by atoms with E-state index in [1.165, 1.54) is 10.3 Å². The Bertz CT molecular complexity index is 674. The van der Waals surface area contributed by atoms with Gasteiger partial charge in [-0.15, -0.1) is 0 Å². The molecule has 6 nitrogen and oxygen atoms in total. The van der Waals surface area contributed by atoms with Crippen LogP contribution >= 0.6 is 0 Å². The first-order valence-corrected chi connectivity index (χ1v) is 9.35. The summed E-state index contributed by atoms with van der Waals surface area (Å²) >= 11 is 0. The van der Waals surface area contributed by atoms with Crippen molar-refractivity contribution in [1.82, 2.24) is 19.4 Å². The van der Waals surface area contributed by atoms with Crippen LogP contribution in [0.2, 0.25) is 0 Å². The molecule has 1 N–H and O–H groups in total. The van der Waals surface area contributed by atoms with E-state index < -0.39 is 10.0 Å². The molecule has 0 aromatic carbocycles. The lowest BCUT2D eigenvalue weighted by molar-refractivity contribution is 0.298. The van der Waals surface area contributed by atoms with E-state index in [4.69, 9.17) is 0 Å². The Balaban J connectivity index is 1.57. The Labute approximate surface area is 132 Å².